The number of amides is 2. The van der Waals surface area contributed by atoms with E-state index in [0.29, 0.717) is 18.0 Å². The number of hydrogen-bond acceptors (Lipinski definition) is 7. The zero-order chi connectivity index (χ0) is 23.4. The van der Waals surface area contributed by atoms with Crippen LogP contribution in [-0.2, 0) is 20.6 Å². The molecule has 2 aromatic rings. The maximum Gasteiger partial charge on any atom is 0.417 e. The van der Waals surface area contributed by atoms with Crippen LogP contribution >= 0.6 is 11.6 Å². The van der Waals surface area contributed by atoms with Crippen LogP contribution in [0.4, 0.5) is 19.0 Å². The molecule has 3 heterocycles. The highest BCUT2D eigenvalue weighted by atomic mass is 35.5. The second-order valence-corrected chi connectivity index (χ2v) is 7.76. The minimum atomic E-state index is -4.63. The van der Waals surface area contributed by atoms with Crippen LogP contribution < -0.4 is 9.75 Å². The lowest BCUT2D eigenvalue weighted by molar-refractivity contribution is -0.170. The quantitative estimate of drug-likeness (QED) is 0.636. The Bertz CT molecular complexity index is 1070. The van der Waals surface area contributed by atoms with E-state index in [1.165, 1.54) is 19.2 Å². The zero-order valence-corrected chi connectivity index (χ0v) is 17.9. The number of imide groups is 1. The fourth-order valence-electron chi connectivity index (χ4n) is 3.97. The van der Waals surface area contributed by atoms with Crippen LogP contribution in [0, 0.1) is 5.92 Å². The first-order valence-corrected chi connectivity index (χ1v) is 9.80. The molecule has 32 heavy (non-hydrogen) atoms. The average Bonchev–Trinajstić information content (AvgIpc) is 3.20. The van der Waals surface area contributed by atoms with E-state index in [0.717, 1.165) is 15.6 Å². The van der Waals surface area contributed by atoms with Crippen molar-refractivity contribution < 1.29 is 32.3 Å². The summed E-state index contributed by atoms with van der Waals surface area (Å²) in [6, 6.07) is 7.13. The van der Waals surface area contributed by atoms with Crippen LogP contribution in [0.2, 0.25) is 5.02 Å². The van der Waals surface area contributed by atoms with Crippen molar-refractivity contribution in [2.75, 3.05) is 26.2 Å². The number of methoxy groups -OCH3 is 1. The van der Waals surface area contributed by atoms with Gasteiger partial charge in [0, 0.05) is 20.3 Å². The van der Waals surface area contributed by atoms with E-state index in [2.05, 4.69) is 4.98 Å². The van der Waals surface area contributed by atoms with Gasteiger partial charge in [-0.05, 0) is 23.8 Å². The minimum absolute atomic E-state index is 0.171. The van der Waals surface area contributed by atoms with Crippen molar-refractivity contribution in [1.82, 2.24) is 15.1 Å². The molecule has 0 aliphatic carbocycles. The molecule has 0 spiro atoms. The number of pyridine rings is 1. The summed E-state index contributed by atoms with van der Waals surface area (Å²) in [6.07, 6.45) is -5.13. The first-order chi connectivity index (χ1) is 15.0. The molecule has 1 aromatic carbocycles. The Morgan fingerprint density at radius 2 is 1.84 bits per heavy atom. The fraction of sp³-hybridized carbons (Fsp3) is 0.350. The van der Waals surface area contributed by atoms with Gasteiger partial charge < -0.3 is 4.74 Å². The molecule has 3 atom stereocenters. The van der Waals surface area contributed by atoms with E-state index in [-0.39, 0.29) is 10.8 Å². The van der Waals surface area contributed by atoms with E-state index >= 15 is 0 Å². The number of hydrazine groups is 1. The third-order valence-electron chi connectivity index (χ3n) is 5.50. The van der Waals surface area contributed by atoms with Gasteiger partial charge in [-0.3, -0.25) is 19.4 Å². The van der Waals surface area contributed by atoms with Gasteiger partial charge in [-0.25, -0.2) is 4.98 Å². The lowest BCUT2D eigenvalue weighted by atomic mass is 9.91. The van der Waals surface area contributed by atoms with Crippen LogP contribution in [0.25, 0.3) is 0 Å². The molecule has 2 fully saturated rings. The van der Waals surface area contributed by atoms with Gasteiger partial charge in [-0.2, -0.15) is 23.2 Å². The number of hydrogen-bond donors (Lipinski definition) is 0. The van der Waals surface area contributed by atoms with Crippen molar-refractivity contribution in [1.29, 1.82) is 0 Å². The number of ether oxygens (including phenoxy) is 1. The predicted molar refractivity (Wildman–Crippen MR) is 106 cm³/mol. The summed E-state index contributed by atoms with van der Waals surface area (Å²) in [7, 11) is 4.48. The molecule has 170 valence electrons. The van der Waals surface area contributed by atoms with Crippen molar-refractivity contribution in [3.8, 4) is 5.75 Å². The van der Waals surface area contributed by atoms with Gasteiger partial charge in [0.15, 0.2) is 11.9 Å². The number of rotatable bonds is 4. The Balaban J connectivity index is 1.64. The number of benzene rings is 1. The summed E-state index contributed by atoms with van der Waals surface area (Å²) >= 11 is 6.00. The number of alkyl halides is 3. The van der Waals surface area contributed by atoms with Crippen LogP contribution in [0.15, 0.2) is 36.5 Å². The van der Waals surface area contributed by atoms with Crippen LogP contribution in [0.3, 0.4) is 0 Å². The predicted octanol–water partition coefficient (Wildman–Crippen LogP) is 3.09. The van der Waals surface area contributed by atoms with Crippen LogP contribution in [-0.4, -0.2) is 54.2 Å². The summed E-state index contributed by atoms with van der Waals surface area (Å²) in [5.41, 5.74) is -0.308. The molecule has 1 aromatic heterocycles. The second-order valence-electron chi connectivity index (χ2n) is 7.36. The van der Waals surface area contributed by atoms with Gasteiger partial charge in [0.1, 0.15) is 5.75 Å². The number of nitrogens with zero attached hydrogens (tertiary/aromatic N) is 4. The SMILES string of the molecule is COc1ccc([C@@H]2[C@H]3C(=O)N(N(C)c4ncc(C(F)(F)F)cc4Cl)C(=O)[C@@H]3ON2C)cc1. The number of anilines is 1. The van der Waals surface area contributed by atoms with Crippen LogP contribution in [0.1, 0.15) is 17.2 Å². The number of fused-ring (bicyclic) bond motifs is 1. The molecular formula is C20H18ClF3N4O4. The van der Waals surface area contributed by atoms with Crippen molar-refractivity contribution in [3.63, 3.8) is 0 Å². The summed E-state index contributed by atoms with van der Waals surface area (Å²) in [5.74, 6) is -1.65. The Morgan fingerprint density at radius 3 is 2.41 bits per heavy atom. The lowest BCUT2D eigenvalue weighted by Gasteiger charge is -2.30. The van der Waals surface area contributed by atoms with Crippen molar-refractivity contribution >= 4 is 29.2 Å². The van der Waals surface area contributed by atoms with Crippen molar-refractivity contribution in [2.45, 2.75) is 18.3 Å². The van der Waals surface area contributed by atoms with E-state index < -0.39 is 41.6 Å². The Labute approximate surface area is 186 Å². The molecule has 4 rings (SSSR count). The first kappa shape index (κ1) is 22.3. The standard InChI is InChI=1S/C20H18ClF3N4O4/c1-26(17-13(21)8-11(9-25-17)20(22,23)24)28-18(29)14-15(27(2)32-16(14)19(28)30)10-4-6-12(31-3)7-5-10/h4-9,14-16H,1-3H3/t14-,15-,16-/m1/s1. The molecule has 0 unspecified atom stereocenters. The third kappa shape index (κ3) is 3.55. The van der Waals surface area contributed by atoms with Gasteiger partial charge in [-0.1, -0.05) is 23.7 Å². The van der Waals surface area contributed by atoms with Gasteiger partial charge in [0.25, 0.3) is 11.8 Å². The Morgan fingerprint density at radius 1 is 1.19 bits per heavy atom. The Hall–Kier alpha value is -2.89. The molecule has 2 amide bonds. The smallest absolute Gasteiger partial charge is 0.417 e. The number of carbonyl (C=O) groups is 2. The molecule has 0 radical (unpaired) electrons. The van der Waals surface area contributed by atoms with Gasteiger partial charge in [0.05, 0.1) is 29.7 Å². The molecule has 0 bridgehead atoms. The molecule has 0 N–H and O–H groups in total. The average molecular weight is 471 g/mol. The lowest BCUT2D eigenvalue weighted by Crippen LogP contribution is -2.47. The number of halogens is 4. The Kier molecular flexibility index (Phi) is 5.51. The minimum Gasteiger partial charge on any atom is -0.497 e. The number of carbonyl (C=O) groups excluding carboxylic acids is 2. The molecule has 2 aliphatic heterocycles. The molecule has 12 heteroatoms. The molecule has 8 nitrogen and oxygen atoms in total. The van der Waals surface area contributed by atoms with Crippen molar-refractivity contribution in [3.05, 3.63) is 52.7 Å². The topological polar surface area (TPSA) is 75.2 Å². The monoisotopic (exact) mass is 470 g/mol. The fourth-order valence-corrected chi connectivity index (χ4v) is 4.26. The largest absolute Gasteiger partial charge is 0.497 e. The summed E-state index contributed by atoms with van der Waals surface area (Å²) in [5, 5.41) is 2.94. The molecule has 2 aliphatic rings. The molecule has 2 saturated heterocycles. The highest BCUT2D eigenvalue weighted by Gasteiger charge is 2.60. The normalized spacial score (nSPS) is 23.6. The summed E-state index contributed by atoms with van der Waals surface area (Å²) in [6.45, 7) is 0. The summed E-state index contributed by atoms with van der Waals surface area (Å²) in [4.78, 5) is 35.7. The third-order valence-corrected chi connectivity index (χ3v) is 5.78. The highest BCUT2D eigenvalue weighted by molar-refractivity contribution is 6.33. The molecule has 0 saturated carbocycles. The zero-order valence-electron chi connectivity index (χ0n) is 17.1. The van der Waals surface area contributed by atoms with Gasteiger partial charge in [0.2, 0.25) is 0 Å². The van der Waals surface area contributed by atoms with E-state index in [4.69, 9.17) is 21.2 Å². The van der Waals surface area contributed by atoms with E-state index in [1.54, 1.807) is 31.3 Å². The van der Waals surface area contributed by atoms with Gasteiger partial charge >= 0.3 is 6.18 Å². The summed E-state index contributed by atoms with van der Waals surface area (Å²) < 4.78 is 43.9. The van der Waals surface area contributed by atoms with Gasteiger partial charge in [-0.15, -0.1) is 0 Å². The number of aromatic nitrogens is 1. The molecular weight excluding hydrogens is 453 g/mol. The maximum absolute atomic E-state index is 13.3. The van der Waals surface area contributed by atoms with Crippen molar-refractivity contribution in [2.24, 2.45) is 5.92 Å². The highest BCUT2D eigenvalue weighted by Crippen LogP contribution is 2.45. The van der Waals surface area contributed by atoms with Crippen LogP contribution in [0.5, 0.6) is 5.75 Å². The second kappa shape index (κ2) is 7.91. The first-order valence-electron chi connectivity index (χ1n) is 9.42. The van der Waals surface area contributed by atoms with E-state index in [1.807, 2.05) is 0 Å². The maximum atomic E-state index is 13.3. The number of hydroxylamine groups is 2. The van der Waals surface area contributed by atoms with E-state index in [9.17, 15) is 22.8 Å².